The summed E-state index contributed by atoms with van der Waals surface area (Å²) in [5.74, 6) is -0.148. The molecule has 0 amide bonds. The normalized spacial score (nSPS) is 10.1. The van der Waals surface area contributed by atoms with Gasteiger partial charge in [0.2, 0.25) is 16.3 Å². The van der Waals surface area contributed by atoms with Crippen LogP contribution in [-0.2, 0) is 4.74 Å². The van der Waals surface area contributed by atoms with Gasteiger partial charge in [-0.2, -0.15) is 0 Å². The number of nitrogens with zero attached hydrogens (tertiary/aromatic N) is 1. The van der Waals surface area contributed by atoms with Crippen molar-refractivity contribution in [2.45, 2.75) is 0 Å². The second-order valence-electron chi connectivity index (χ2n) is 3.00. The van der Waals surface area contributed by atoms with Crippen molar-refractivity contribution in [2.24, 2.45) is 0 Å². The van der Waals surface area contributed by atoms with Crippen LogP contribution in [0.15, 0.2) is 39.4 Å². The highest BCUT2D eigenvalue weighted by atomic mass is 79.9. The number of oxazole rings is 1. The fourth-order valence-electron chi connectivity index (χ4n) is 1.23. The number of benzene rings is 1. The lowest BCUT2D eigenvalue weighted by molar-refractivity contribution is 0.0592. The Kier molecular flexibility index (Phi) is 3.05. The Morgan fingerprint density at radius 3 is 2.69 bits per heavy atom. The molecule has 0 atom stereocenters. The Bertz CT molecular complexity index is 507. The molecule has 5 heteroatoms. The van der Waals surface area contributed by atoms with Gasteiger partial charge in [0.15, 0.2) is 0 Å². The van der Waals surface area contributed by atoms with Crippen LogP contribution >= 0.6 is 15.9 Å². The molecular weight excluding hydrogens is 274 g/mol. The van der Waals surface area contributed by atoms with E-state index in [0.717, 1.165) is 5.56 Å². The predicted molar refractivity (Wildman–Crippen MR) is 61.0 cm³/mol. The molecule has 1 heterocycles. The molecule has 1 aromatic heterocycles. The first-order valence-corrected chi connectivity index (χ1v) is 5.31. The summed E-state index contributed by atoms with van der Waals surface area (Å²) in [5, 5.41) is 0. The Balaban J connectivity index is 2.42. The van der Waals surface area contributed by atoms with Crippen molar-refractivity contribution < 1.29 is 13.9 Å². The Hall–Kier alpha value is -1.62. The summed E-state index contributed by atoms with van der Waals surface area (Å²) >= 11 is 3.13. The number of ether oxygens (including phenoxy) is 1. The van der Waals surface area contributed by atoms with Crippen molar-refractivity contribution in [3.8, 4) is 11.5 Å². The first-order chi connectivity index (χ1) is 7.72. The summed E-state index contributed by atoms with van der Waals surface area (Å²) in [7, 11) is 1.30. The molecule has 82 valence electrons. The third-order valence-corrected chi connectivity index (χ3v) is 2.52. The third-order valence-electron chi connectivity index (χ3n) is 1.99. The van der Waals surface area contributed by atoms with Gasteiger partial charge in [0, 0.05) is 5.56 Å². The Morgan fingerprint density at radius 1 is 1.38 bits per heavy atom. The highest BCUT2D eigenvalue weighted by molar-refractivity contribution is 9.10. The molecule has 4 nitrogen and oxygen atoms in total. The van der Waals surface area contributed by atoms with Crippen LogP contribution in [0.5, 0.6) is 0 Å². The molecule has 0 spiro atoms. The molecule has 0 radical (unpaired) electrons. The zero-order valence-electron chi connectivity index (χ0n) is 8.44. The molecule has 0 aliphatic heterocycles. The minimum atomic E-state index is -0.530. The van der Waals surface area contributed by atoms with Gasteiger partial charge in [-0.25, -0.2) is 9.78 Å². The molecule has 0 saturated carbocycles. The standard InChI is InChI=1S/C11H8BrNO3/c1-15-11(14)8-9(12)16-10(13-8)7-5-3-2-4-6-7/h2-6H,1H3. The number of esters is 1. The molecule has 0 aliphatic carbocycles. The number of halogens is 1. The topological polar surface area (TPSA) is 52.3 Å². The SMILES string of the molecule is COC(=O)c1nc(-c2ccccc2)oc1Br. The molecule has 2 rings (SSSR count). The number of hydrogen-bond donors (Lipinski definition) is 0. The first-order valence-electron chi connectivity index (χ1n) is 4.52. The molecule has 16 heavy (non-hydrogen) atoms. The van der Waals surface area contributed by atoms with Gasteiger partial charge in [-0.1, -0.05) is 18.2 Å². The summed E-state index contributed by atoms with van der Waals surface area (Å²) in [6.45, 7) is 0. The highest BCUT2D eigenvalue weighted by Gasteiger charge is 2.19. The van der Waals surface area contributed by atoms with Gasteiger partial charge < -0.3 is 9.15 Å². The summed E-state index contributed by atoms with van der Waals surface area (Å²) < 4.78 is 10.2. The second-order valence-corrected chi connectivity index (χ2v) is 3.72. The molecule has 0 aliphatic rings. The molecule has 2 aromatic rings. The van der Waals surface area contributed by atoms with Gasteiger partial charge in [0.25, 0.3) is 0 Å². The summed E-state index contributed by atoms with van der Waals surface area (Å²) in [5.41, 5.74) is 0.944. The van der Waals surface area contributed by atoms with E-state index in [4.69, 9.17) is 4.42 Å². The fourth-order valence-corrected chi connectivity index (χ4v) is 1.63. The molecule has 0 N–H and O–H groups in total. The lowest BCUT2D eigenvalue weighted by atomic mass is 10.2. The highest BCUT2D eigenvalue weighted by Crippen LogP contribution is 2.25. The van der Waals surface area contributed by atoms with Gasteiger partial charge in [0.05, 0.1) is 7.11 Å². The monoisotopic (exact) mass is 281 g/mol. The number of carbonyl (C=O) groups excluding carboxylic acids is 1. The van der Waals surface area contributed by atoms with Crippen molar-refractivity contribution in [2.75, 3.05) is 7.11 Å². The van der Waals surface area contributed by atoms with Crippen LogP contribution in [0.25, 0.3) is 11.5 Å². The average molecular weight is 282 g/mol. The Morgan fingerprint density at radius 2 is 2.06 bits per heavy atom. The summed E-state index contributed by atoms with van der Waals surface area (Å²) in [4.78, 5) is 15.4. The van der Waals surface area contributed by atoms with E-state index < -0.39 is 5.97 Å². The quantitative estimate of drug-likeness (QED) is 0.795. The molecule has 1 aromatic carbocycles. The molecule has 0 fully saturated rings. The van der Waals surface area contributed by atoms with Gasteiger partial charge in [-0.15, -0.1) is 0 Å². The van der Waals surface area contributed by atoms with E-state index in [1.165, 1.54) is 7.11 Å². The van der Waals surface area contributed by atoms with E-state index in [1.54, 1.807) is 0 Å². The van der Waals surface area contributed by atoms with Crippen LogP contribution in [0.3, 0.4) is 0 Å². The number of rotatable bonds is 2. The van der Waals surface area contributed by atoms with Crippen LogP contribution in [0.4, 0.5) is 0 Å². The molecule has 0 unspecified atom stereocenters. The maximum absolute atomic E-state index is 11.3. The van der Waals surface area contributed by atoms with E-state index in [9.17, 15) is 4.79 Å². The van der Waals surface area contributed by atoms with Crippen molar-refractivity contribution >= 4 is 21.9 Å². The molecule has 0 bridgehead atoms. The van der Waals surface area contributed by atoms with Crippen LogP contribution in [0, 0.1) is 0 Å². The lowest BCUT2D eigenvalue weighted by Gasteiger charge is -1.92. The number of methoxy groups -OCH3 is 1. The van der Waals surface area contributed by atoms with Crippen LogP contribution in [0.2, 0.25) is 0 Å². The van der Waals surface area contributed by atoms with Gasteiger partial charge >= 0.3 is 5.97 Å². The van der Waals surface area contributed by atoms with E-state index in [0.29, 0.717) is 5.89 Å². The number of aromatic nitrogens is 1. The minimum absolute atomic E-state index is 0.140. The zero-order valence-corrected chi connectivity index (χ0v) is 10.0. The Labute approximate surface area is 100 Å². The summed E-state index contributed by atoms with van der Waals surface area (Å²) in [6.07, 6.45) is 0. The maximum Gasteiger partial charge on any atom is 0.361 e. The third kappa shape index (κ3) is 1.99. The zero-order chi connectivity index (χ0) is 11.5. The van der Waals surface area contributed by atoms with E-state index in [-0.39, 0.29) is 10.4 Å². The van der Waals surface area contributed by atoms with Gasteiger partial charge in [0.1, 0.15) is 0 Å². The van der Waals surface area contributed by atoms with E-state index in [1.807, 2.05) is 30.3 Å². The molecule has 0 saturated heterocycles. The minimum Gasteiger partial charge on any atom is -0.464 e. The van der Waals surface area contributed by atoms with Crippen molar-refractivity contribution in [3.05, 3.63) is 40.7 Å². The first kappa shape index (κ1) is 10.9. The number of carbonyl (C=O) groups is 1. The molecular formula is C11H8BrNO3. The predicted octanol–water partition coefficient (Wildman–Crippen LogP) is 2.89. The van der Waals surface area contributed by atoms with Gasteiger partial charge in [-0.3, -0.25) is 0 Å². The number of hydrogen-bond acceptors (Lipinski definition) is 4. The lowest BCUT2D eigenvalue weighted by Crippen LogP contribution is -2.02. The van der Waals surface area contributed by atoms with Crippen molar-refractivity contribution in [3.63, 3.8) is 0 Å². The average Bonchev–Trinajstić information content (AvgIpc) is 2.71. The van der Waals surface area contributed by atoms with E-state index in [2.05, 4.69) is 25.7 Å². The fraction of sp³-hybridized carbons (Fsp3) is 0.0909. The largest absolute Gasteiger partial charge is 0.464 e. The maximum atomic E-state index is 11.3. The van der Waals surface area contributed by atoms with Crippen LogP contribution in [0.1, 0.15) is 10.5 Å². The smallest absolute Gasteiger partial charge is 0.361 e. The second kappa shape index (κ2) is 4.49. The van der Waals surface area contributed by atoms with Crippen LogP contribution < -0.4 is 0 Å². The van der Waals surface area contributed by atoms with Crippen LogP contribution in [-0.4, -0.2) is 18.1 Å². The van der Waals surface area contributed by atoms with Gasteiger partial charge in [-0.05, 0) is 28.1 Å². The van der Waals surface area contributed by atoms with Crippen molar-refractivity contribution in [1.29, 1.82) is 0 Å². The summed E-state index contributed by atoms with van der Waals surface area (Å²) in [6, 6.07) is 9.32. The van der Waals surface area contributed by atoms with E-state index >= 15 is 0 Å². The van der Waals surface area contributed by atoms with Crippen molar-refractivity contribution in [1.82, 2.24) is 4.98 Å².